The third-order valence-corrected chi connectivity index (χ3v) is 4.60. The highest BCUT2D eigenvalue weighted by Crippen LogP contribution is 2.16. The summed E-state index contributed by atoms with van der Waals surface area (Å²) >= 11 is 0. The minimum Gasteiger partial charge on any atom is -0.427 e. The zero-order chi connectivity index (χ0) is 19.7. The van der Waals surface area contributed by atoms with E-state index < -0.39 is 16.1 Å². The summed E-state index contributed by atoms with van der Waals surface area (Å²) in [6, 6.07) is 13.9. The molecule has 2 N–H and O–H groups in total. The van der Waals surface area contributed by atoms with Gasteiger partial charge in [-0.15, -0.1) is 0 Å². The van der Waals surface area contributed by atoms with Crippen LogP contribution < -0.4 is 10.1 Å². The van der Waals surface area contributed by atoms with Crippen LogP contribution in [0.3, 0.4) is 0 Å². The molecule has 0 unspecified atom stereocenters. The second-order valence-electron chi connectivity index (χ2n) is 5.85. The van der Waals surface area contributed by atoms with Gasteiger partial charge in [0.25, 0.3) is 16.0 Å². The van der Waals surface area contributed by atoms with Crippen molar-refractivity contribution in [3.05, 3.63) is 60.2 Å². The number of hydrogen-bond acceptors (Lipinski definition) is 5. The molecule has 0 aliphatic carbocycles. The van der Waals surface area contributed by atoms with Crippen molar-refractivity contribution in [2.75, 3.05) is 6.54 Å². The third kappa shape index (κ3) is 7.20. The van der Waals surface area contributed by atoms with E-state index in [4.69, 9.17) is 9.29 Å². The number of rotatable bonds is 9. The SMILES string of the molecule is O=C(CCCCCNC(=O)c1ccccc1)Oc1ccc(S(=O)(=O)O)cc1. The number of ether oxygens (including phenoxy) is 1. The number of benzene rings is 2. The summed E-state index contributed by atoms with van der Waals surface area (Å²) in [5.41, 5.74) is 0.612. The molecule has 0 aliphatic heterocycles. The van der Waals surface area contributed by atoms with Gasteiger partial charge in [-0.05, 0) is 49.2 Å². The number of carbonyl (C=O) groups excluding carboxylic acids is 2. The number of amides is 1. The maximum atomic E-state index is 11.8. The van der Waals surface area contributed by atoms with E-state index in [9.17, 15) is 18.0 Å². The molecule has 2 aromatic carbocycles. The van der Waals surface area contributed by atoms with Crippen LogP contribution >= 0.6 is 0 Å². The van der Waals surface area contributed by atoms with Crippen LogP contribution in [0.5, 0.6) is 5.75 Å². The summed E-state index contributed by atoms with van der Waals surface area (Å²) in [5, 5.41) is 2.82. The van der Waals surface area contributed by atoms with E-state index in [0.717, 1.165) is 25.0 Å². The lowest BCUT2D eigenvalue weighted by molar-refractivity contribution is -0.134. The molecule has 27 heavy (non-hydrogen) atoms. The van der Waals surface area contributed by atoms with Crippen LogP contribution in [-0.4, -0.2) is 31.4 Å². The number of unbranched alkanes of at least 4 members (excludes halogenated alkanes) is 2. The molecular weight excluding hydrogens is 370 g/mol. The average molecular weight is 391 g/mol. The van der Waals surface area contributed by atoms with Crippen LogP contribution in [0, 0.1) is 0 Å². The first-order chi connectivity index (χ1) is 12.9. The molecule has 0 saturated carbocycles. The van der Waals surface area contributed by atoms with E-state index in [1.54, 1.807) is 24.3 Å². The Morgan fingerprint density at radius 3 is 2.22 bits per heavy atom. The molecule has 0 aromatic heterocycles. The molecule has 0 fully saturated rings. The number of hydrogen-bond donors (Lipinski definition) is 2. The van der Waals surface area contributed by atoms with Gasteiger partial charge < -0.3 is 10.1 Å². The predicted octanol–water partition coefficient (Wildman–Crippen LogP) is 2.83. The summed E-state index contributed by atoms with van der Waals surface area (Å²) < 4.78 is 35.9. The molecular formula is C19H21NO6S. The first-order valence-electron chi connectivity index (χ1n) is 8.48. The van der Waals surface area contributed by atoms with Crippen molar-refractivity contribution in [2.45, 2.75) is 30.6 Å². The predicted molar refractivity (Wildman–Crippen MR) is 99.1 cm³/mol. The van der Waals surface area contributed by atoms with E-state index in [1.807, 2.05) is 6.07 Å². The highest BCUT2D eigenvalue weighted by Gasteiger charge is 2.10. The Bertz CT molecular complexity index is 863. The van der Waals surface area contributed by atoms with Crippen molar-refractivity contribution in [2.24, 2.45) is 0 Å². The number of carbonyl (C=O) groups is 2. The van der Waals surface area contributed by atoms with E-state index >= 15 is 0 Å². The van der Waals surface area contributed by atoms with Gasteiger partial charge in [0.15, 0.2) is 0 Å². The summed E-state index contributed by atoms with van der Waals surface area (Å²) in [6.07, 6.45) is 2.33. The molecule has 0 bridgehead atoms. The van der Waals surface area contributed by atoms with Crippen LogP contribution in [0.4, 0.5) is 0 Å². The molecule has 0 spiro atoms. The standard InChI is InChI=1S/C19H21NO6S/c21-18(26-16-10-12-17(13-11-16)27(23,24)25)9-5-2-6-14-20-19(22)15-7-3-1-4-8-15/h1,3-4,7-8,10-13H,2,5-6,9,14H2,(H,20,22)(H,23,24,25). The first-order valence-corrected chi connectivity index (χ1v) is 9.92. The van der Waals surface area contributed by atoms with Crippen molar-refractivity contribution in [3.8, 4) is 5.75 Å². The molecule has 0 aliphatic rings. The van der Waals surface area contributed by atoms with Gasteiger partial charge in [-0.25, -0.2) is 0 Å². The highest BCUT2D eigenvalue weighted by atomic mass is 32.2. The van der Waals surface area contributed by atoms with Crippen molar-refractivity contribution >= 4 is 22.0 Å². The van der Waals surface area contributed by atoms with E-state index in [2.05, 4.69) is 5.32 Å². The van der Waals surface area contributed by atoms with Crippen molar-refractivity contribution in [1.82, 2.24) is 5.32 Å². The zero-order valence-corrected chi connectivity index (χ0v) is 15.4. The summed E-state index contributed by atoms with van der Waals surface area (Å²) in [7, 11) is -4.27. The number of nitrogens with one attached hydrogen (secondary N) is 1. The lowest BCUT2D eigenvalue weighted by Gasteiger charge is -2.06. The molecule has 7 nitrogen and oxygen atoms in total. The van der Waals surface area contributed by atoms with Crippen LogP contribution in [0.15, 0.2) is 59.5 Å². The lowest BCUT2D eigenvalue weighted by atomic mass is 10.2. The van der Waals surface area contributed by atoms with Gasteiger partial charge in [0, 0.05) is 18.5 Å². The van der Waals surface area contributed by atoms with E-state index in [0.29, 0.717) is 18.5 Å². The molecule has 1 amide bonds. The quantitative estimate of drug-likeness (QED) is 0.294. The minimum atomic E-state index is -4.27. The van der Waals surface area contributed by atoms with Crippen LogP contribution in [0.2, 0.25) is 0 Å². The Labute approximate surface area is 158 Å². The second-order valence-corrected chi connectivity index (χ2v) is 7.27. The van der Waals surface area contributed by atoms with Gasteiger partial charge in [0.05, 0.1) is 4.90 Å². The third-order valence-electron chi connectivity index (χ3n) is 3.73. The van der Waals surface area contributed by atoms with Gasteiger partial charge in [0.1, 0.15) is 5.75 Å². The molecule has 0 saturated heterocycles. The summed E-state index contributed by atoms with van der Waals surface area (Å²) in [4.78, 5) is 23.3. The zero-order valence-electron chi connectivity index (χ0n) is 14.6. The Hall–Kier alpha value is -2.71. The van der Waals surface area contributed by atoms with Gasteiger partial charge in [-0.1, -0.05) is 24.6 Å². The van der Waals surface area contributed by atoms with Crippen molar-refractivity contribution in [1.29, 1.82) is 0 Å². The molecule has 2 rings (SSSR count). The van der Waals surface area contributed by atoms with Gasteiger partial charge in [-0.2, -0.15) is 8.42 Å². The van der Waals surface area contributed by atoms with Gasteiger partial charge in [-0.3, -0.25) is 14.1 Å². The first kappa shape index (κ1) is 20.6. The summed E-state index contributed by atoms with van der Waals surface area (Å²) in [5.74, 6) is -0.339. The molecule has 0 radical (unpaired) electrons. The average Bonchev–Trinajstić information content (AvgIpc) is 2.64. The van der Waals surface area contributed by atoms with Crippen molar-refractivity contribution in [3.63, 3.8) is 0 Å². The molecule has 144 valence electrons. The fourth-order valence-electron chi connectivity index (χ4n) is 2.33. The fraction of sp³-hybridized carbons (Fsp3) is 0.263. The fourth-order valence-corrected chi connectivity index (χ4v) is 2.81. The maximum absolute atomic E-state index is 11.8. The monoisotopic (exact) mass is 391 g/mol. The van der Waals surface area contributed by atoms with E-state index in [1.165, 1.54) is 12.1 Å². The van der Waals surface area contributed by atoms with Crippen LogP contribution in [-0.2, 0) is 14.9 Å². The Morgan fingerprint density at radius 2 is 1.59 bits per heavy atom. The van der Waals surface area contributed by atoms with Crippen LogP contribution in [0.25, 0.3) is 0 Å². The molecule has 0 heterocycles. The highest BCUT2D eigenvalue weighted by molar-refractivity contribution is 7.85. The second kappa shape index (κ2) is 9.84. The van der Waals surface area contributed by atoms with Gasteiger partial charge >= 0.3 is 5.97 Å². The molecule has 8 heteroatoms. The Kier molecular flexibility index (Phi) is 7.51. The molecule has 2 aromatic rings. The van der Waals surface area contributed by atoms with Crippen molar-refractivity contribution < 1.29 is 27.3 Å². The minimum absolute atomic E-state index is 0.122. The number of esters is 1. The normalized spacial score (nSPS) is 11.0. The Morgan fingerprint density at radius 1 is 0.926 bits per heavy atom. The largest absolute Gasteiger partial charge is 0.427 e. The Balaban J connectivity index is 1.61. The smallest absolute Gasteiger partial charge is 0.311 e. The maximum Gasteiger partial charge on any atom is 0.311 e. The molecule has 0 atom stereocenters. The lowest BCUT2D eigenvalue weighted by Crippen LogP contribution is -2.24. The van der Waals surface area contributed by atoms with Gasteiger partial charge in [0.2, 0.25) is 0 Å². The van der Waals surface area contributed by atoms with E-state index in [-0.39, 0.29) is 23.0 Å². The van der Waals surface area contributed by atoms with Crippen LogP contribution in [0.1, 0.15) is 36.0 Å². The topological polar surface area (TPSA) is 110 Å². The summed E-state index contributed by atoms with van der Waals surface area (Å²) in [6.45, 7) is 0.528.